The van der Waals surface area contributed by atoms with Crippen LogP contribution in [-0.4, -0.2) is 43.5 Å². The highest BCUT2D eigenvalue weighted by molar-refractivity contribution is 7.81. The van der Waals surface area contributed by atoms with Crippen molar-refractivity contribution in [2.24, 2.45) is 0 Å². The van der Waals surface area contributed by atoms with Crippen molar-refractivity contribution in [3.63, 3.8) is 0 Å². The smallest absolute Gasteiger partial charge is 0.325 e. The van der Waals surface area contributed by atoms with E-state index in [1.54, 1.807) is 6.92 Å². The summed E-state index contributed by atoms with van der Waals surface area (Å²) < 4.78 is 9.74. The van der Waals surface area contributed by atoms with Gasteiger partial charge in [0.15, 0.2) is 0 Å². The third-order valence-electron chi connectivity index (χ3n) is 1.48. The molecule has 0 aromatic carbocycles. The van der Waals surface area contributed by atoms with Gasteiger partial charge in [0.2, 0.25) is 5.91 Å². The first-order valence-electron chi connectivity index (χ1n) is 5.77. The molecular weight excluding hydrogens is 242 g/mol. The quantitative estimate of drug-likeness (QED) is 0.410. The van der Waals surface area contributed by atoms with Gasteiger partial charge in [-0.25, -0.2) is 0 Å². The van der Waals surface area contributed by atoms with E-state index in [9.17, 15) is 9.59 Å². The van der Waals surface area contributed by atoms with E-state index in [-0.39, 0.29) is 19.1 Å². The lowest BCUT2D eigenvalue weighted by Gasteiger charge is -2.07. The summed E-state index contributed by atoms with van der Waals surface area (Å²) in [4.78, 5) is 22.0. The minimum absolute atomic E-state index is 0.129. The minimum Gasteiger partial charge on any atom is -0.462 e. The van der Waals surface area contributed by atoms with Gasteiger partial charge < -0.3 is 14.8 Å². The Labute approximate surface area is 109 Å². The molecule has 0 fully saturated rings. The summed E-state index contributed by atoms with van der Waals surface area (Å²) in [7, 11) is 0. The molecule has 0 saturated heterocycles. The fourth-order valence-electron chi connectivity index (χ4n) is 0.717. The number of ether oxygens (including phenoxy) is 2. The van der Waals surface area contributed by atoms with Crippen LogP contribution in [0.4, 0.5) is 0 Å². The number of nitrogens with one attached hydrogen (secondary N) is 1. The maximum atomic E-state index is 11.0. The molecule has 0 radical (unpaired) electrons. The van der Waals surface area contributed by atoms with Gasteiger partial charge in [-0.1, -0.05) is 13.8 Å². The number of hydrogen-bond donors (Lipinski definition) is 2. The average molecular weight is 265 g/mol. The number of esters is 1. The monoisotopic (exact) mass is 265 g/mol. The number of amides is 1. The molecule has 0 aliphatic heterocycles. The summed E-state index contributed by atoms with van der Waals surface area (Å²) in [5, 5.41) is 1.96. The Bertz CT molecular complexity index is 210. The first-order chi connectivity index (χ1) is 8.07. The van der Waals surface area contributed by atoms with Crippen LogP contribution in [0.3, 0.4) is 0 Å². The number of hydrogen-bond acceptors (Lipinski definition) is 5. The summed E-state index contributed by atoms with van der Waals surface area (Å²) in [6, 6.07) is 0. The van der Waals surface area contributed by atoms with Crippen LogP contribution >= 0.6 is 12.6 Å². The molecule has 6 heteroatoms. The van der Waals surface area contributed by atoms with E-state index in [1.807, 2.05) is 20.8 Å². The number of thiol groups is 1. The lowest BCUT2D eigenvalue weighted by molar-refractivity contribution is -0.145. The van der Waals surface area contributed by atoms with Crippen LogP contribution in [0.2, 0.25) is 0 Å². The Morgan fingerprint density at radius 2 is 1.88 bits per heavy atom. The largest absolute Gasteiger partial charge is 0.462 e. The lowest BCUT2D eigenvalue weighted by atomic mass is 10.4. The molecule has 1 N–H and O–H groups in total. The first kappa shape index (κ1) is 18.6. The van der Waals surface area contributed by atoms with Crippen LogP contribution in [0, 0.1) is 0 Å². The standard InChI is InChI=1S/C9H17NO4S.C2H6/c1-3-13-4-5-14-8(11)6-10-9(12)7(2)15;1-2/h7,15H,3-6H2,1-2H3,(H,10,12);1-2H3. The van der Waals surface area contributed by atoms with Gasteiger partial charge in [-0.05, 0) is 13.8 Å². The van der Waals surface area contributed by atoms with Crippen molar-refractivity contribution in [3.8, 4) is 0 Å². The van der Waals surface area contributed by atoms with E-state index in [4.69, 9.17) is 9.47 Å². The van der Waals surface area contributed by atoms with Crippen molar-refractivity contribution in [2.75, 3.05) is 26.4 Å². The predicted octanol–water partition coefficient (Wildman–Crippen LogP) is 1.03. The van der Waals surface area contributed by atoms with Crippen LogP contribution in [0.1, 0.15) is 27.7 Å². The van der Waals surface area contributed by atoms with Gasteiger partial charge in [0.1, 0.15) is 13.2 Å². The molecule has 0 aliphatic carbocycles. The van der Waals surface area contributed by atoms with Crippen molar-refractivity contribution in [1.82, 2.24) is 5.32 Å². The highest BCUT2D eigenvalue weighted by Gasteiger charge is 2.09. The van der Waals surface area contributed by atoms with Crippen LogP contribution in [0.15, 0.2) is 0 Å². The summed E-state index contributed by atoms with van der Waals surface area (Å²) in [6.07, 6.45) is 0. The van der Waals surface area contributed by atoms with Crippen LogP contribution in [0.25, 0.3) is 0 Å². The molecule has 0 aliphatic rings. The van der Waals surface area contributed by atoms with E-state index in [2.05, 4.69) is 17.9 Å². The lowest BCUT2D eigenvalue weighted by Crippen LogP contribution is -2.35. The second-order valence-corrected chi connectivity index (χ2v) is 3.59. The van der Waals surface area contributed by atoms with E-state index in [0.29, 0.717) is 13.2 Å². The van der Waals surface area contributed by atoms with Crippen LogP contribution < -0.4 is 5.32 Å². The summed E-state index contributed by atoms with van der Waals surface area (Å²) in [5.74, 6) is -0.767. The molecule has 0 rings (SSSR count). The Morgan fingerprint density at radius 1 is 1.29 bits per heavy atom. The third-order valence-corrected chi connectivity index (χ3v) is 1.72. The maximum absolute atomic E-state index is 11.0. The molecule has 17 heavy (non-hydrogen) atoms. The van der Waals surface area contributed by atoms with Gasteiger partial charge in [0.05, 0.1) is 11.9 Å². The van der Waals surface area contributed by atoms with Crippen LogP contribution in [-0.2, 0) is 19.1 Å². The maximum Gasteiger partial charge on any atom is 0.325 e. The number of rotatable bonds is 7. The average Bonchev–Trinajstić information content (AvgIpc) is 2.34. The fourth-order valence-corrected chi connectivity index (χ4v) is 0.808. The van der Waals surface area contributed by atoms with E-state index in [1.165, 1.54) is 0 Å². The molecule has 0 saturated carbocycles. The molecule has 102 valence electrons. The zero-order valence-electron chi connectivity index (χ0n) is 11.0. The molecular formula is C11H23NO4S. The van der Waals surface area contributed by atoms with Gasteiger partial charge in [-0.2, -0.15) is 12.6 Å². The van der Waals surface area contributed by atoms with Gasteiger partial charge in [-0.3, -0.25) is 9.59 Å². The summed E-state index contributed by atoms with van der Waals surface area (Å²) in [5.41, 5.74) is 0. The van der Waals surface area contributed by atoms with Crippen molar-refractivity contribution < 1.29 is 19.1 Å². The van der Waals surface area contributed by atoms with Gasteiger partial charge in [0, 0.05) is 6.61 Å². The highest BCUT2D eigenvalue weighted by atomic mass is 32.1. The van der Waals surface area contributed by atoms with Gasteiger partial charge in [-0.15, -0.1) is 0 Å². The highest BCUT2D eigenvalue weighted by Crippen LogP contribution is 1.90. The molecule has 0 heterocycles. The predicted molar refractivity (Wildman–Crippen MR) is 70.3 cm³/mol. The minimum atomic E-state index is -0.475. The van der Waals surface area contributed by atoms with Crippen molar-refractivity contribution in [2.45, 2.75) is 32.9 Å². The molecule has 0 aromatic rings. The number of carbonyl (C=O) groups excluding carboxylic acids is 2. The van der Waals surface area contributed by atoms with E-state index in [0.717, 1.165) is 0 Å². The summed E-state index contributed by atoms with van der Waals surface area (Å²) in [6.45, 7) is 8.52. The molecule has 1 atom stereocenters. The number of carbonyl (C=O) groups is 2. The van der Waals surface area contributed by atoms with Crippen molar-refractivity contribution >= 4 is 24.5 Å². The molecule has 5 nitrogen and oxygen atoms in total. The van der Waals surface area contributed by atoms with Gasteiger partial charge in [0.25, 0.3) is 0 Å². The first-order valence-corrected chi connectivity index (χ1v) is 6.28. The SMILES string of the molecule is CC.CCOCCOC(=O)CNC(=O)C(C)S. The zero-order valence-corrected chi connectivity index (χ0v) is 11.9. The van der Waals surface area contributed by atoms with Crippen molar-refractivity contribution in [3.05, 3.63) is 0 Å². The third kappa shape index (κ3) is 13.2. The molecule has 0 spiro atoms. The Hall–Kier alpha value is -0.750. The summed E-state index contributed by atoms with van der Waals surface area (Å²) >= 11 is 3.91. The normalized spacial score (nSPS) is 10.9. The molecule has 0 aromatic heterocycles. The van der Waals surface area contributed by atoms with E-state index < -0.39 is 11.2 Å². The second-order valence-electron chi connectivity index (χ2n) is 2.81. The van der Waals surface area contributed by atoms with Crippen LogP contribution in [0.5, 0.6) is 0 Å². The van der Waals surface area contributed by atoms with E-state index >= 15 is 0 Å². The van der Waals surface area contributed by atoms with Crippen molar-refractivity contribution in [1.29, 1.82) is 0 Å². The Kier molecular flexibility index (Phi) is 14.6. The Morgan fingerprint density at radius 3 is 2.35 bits per heavy atom. The molecule has 1 amide bonds. The zero-order chi connectivity index (χ0) is 13.7. The van der Waals surface area contributed by atoms with Gasteiger partial charge >= 0.3 is 5.97 Å². The topological polar surface area (TPSA) is 64.6 Å². The second kappa shape index (κ2) is 13.3. The molecule has 1 unspecified atom stereocenters. The Balaban J connectivity index is 0. The molecule has 0 bridgehead atoms. The fraction of sp³-hybridized carbons (Fsp3) is 0.818.